The third kappa shape index (κ3) is 6.41. The SMILES string of the molecule is CNC(=O)C(NC(CCc1ccc(C(F)(F)F)cc1)c1cc(C)ccc1F)c1ccc(F)cc1. The fraction of sp³-hybridized carbons (Fsp3) is 0.269. The molecule has 0 radical (unpaired) electrons. The van der Waals surface area contributed by atoms with Crippen molar-refractivity contribution in [3.63, 3.8) is 0 Å². The van der Waals surface area contributed by atoms with E-state index in [2.05, 4.69) is 10.6 Å². The van der Waals surface area contributed by atoms with Gasteiger partial charge in [-0.15, -0.1) is 0 Å². The summed E-state index contributed by atoms with van der Waals surface area (Å²) in [6.45, 7) is 1.81. The number of halogens is 5. The van der Waals surface area contributed by atoms with E-state index in [-0.39, 0.29) is 5.91 Å². The Balaban J connectivity index is 1.90. The summed E-state index contributed by atoms with van der Waals surface area (Å²) in [5.74, 6) is -1.31. The second-order valence-electron chi connectivity index (χ2n) is 8.08. The van der Waals surface area contributed by atoms with Crippen molar-refractivity contribution < 1.29 is 26.7 Å². The van der Waals surface area contributed by atoms with Crippen LogP contribution in [0.25, 0.3) is 0 Å². The summed E-state index contributed by atoms with van der Waals surface area (Å²) in [5, 5.41) is 5.74. The predicted molar refractivity (Wildman–Crippen MR) is 120 cm³/mol. The Morgan fingerprint density at radius 2 is 1.59 bits per heavy atom. The lowest BCUT2D eigenvalue weighted by Crippen LogP contribution is -2.38. The molecule has 0 heterocycles. The standard InChI is InChI=1S/C26H25F5N2O/c1-16-3-13-22(28)21(15-16)23(14-6-17-4-9-19(10-5-17)26(29,30)31)33-24(25(34)32-2)18-7-11-20(27)12-8-18/h3-5,7-13,15,23-24,33H,6,14H2,1-2H3,(H,32,34). The van der Waals surface area contributed by atoms with Crippen molar-refractivity contribution in [2.75, 3.05) is 7.05 Å². The number of hydrogen-bond acceptors (Lipinski definition) is 2. The molecule has 2 unspecified atom stereocenters. The molecule has 3 rings (SSSR count). The first-order chi connectivity index (χ1) is 16.1. The van der Waals surface area contributed by atoms with E-state index in [4.69, 9.17) is 0 Å². The molecule has 3 nitrogen and oxygen atoms in total. The summed E-state index contributed by atoms with van der Waals surface area (Å²) in [4.78, 5) is 12.7. The van der Waals surface area contributed by atoms with Gasteiger partial charge >= 0.3 is 6.18 Å². The molecule has 3 aromatic rings. The van der Waals surface area contributed by atoms with Crippen LogP contribution in [0, 0.1) is 18.6 Å². The number of benzene rings is 3. The second kappa shape index (κ2) is 10.8. The molecule has 0 saturated carbocycles. The van der Waals surface area contributed by atoms with Gasteiger partial charge in [-0.25, -0.2) is 8.78 Å². The lowest BCUT2D eigenvalue weighted by Gasteiger charge is -2.26. The lowest BCUT2D eigenvalue weighted by atomic mass is 9.94. The molecule has 3 aromatic carbocycles. The van der Waals surface area contributed by atoms with Crippen molar-refractivity contribution in [2.45, 2.75) is 38.0 Å². The molecule has 1 amide bonds. The minimum atomic E-state index is -4.43. The molecule has 0 aliphatic heterocycles. The molecular formula is C26H25F5N2O. The van der Waals surface area contributed by atoms with Gasteiger partial charge in [-0.1, -0.05) is 42.0 Å². The molecule has 0 spiro atoms. The molecule has 2 N–H and O–H groups in total. The van der Waals surface area contributed by atoms with E-state index < -0.39 is 35.5 Å². The molecule has 0 fully saturated rings. The first kappa shape index (κ1) is 25.4. The van der Waals surface area contributed by atoms with Crippen LogP contribution in [0.4, 0.5) is 22.0 Å². The highest BCUT2D eigenvalue weighted by Crippen LogP contribution is 2.31. The minimum absolute atomic E-state index is 0.306. The monoisotopic (exact) mass is 476 g/mol. The summed E-state index contributed by atoms with van der Waals surface area (Å²) >= 11 is 0. The van der Waals surface area contributed by atoms with E-state index in [1.165, 1.54) is 49.5 Å². The van der Waals surface area contributed by atoms with Crippen LogP contribution in [0.5, 0.6) is 0 Å². The van der Waals surface area contributed by atoms with Crippen LogP contribution in [0.1, 0.15) is 46.3 Å². The van der Waals surface area contributed by atoms with Crippen molar-refractivity contribution in [3.8, 4) is 0 Å². The summed E-state index contributed by atoms with van der Waals surface area (Å²) in [5.41, 5.74) is 1.55. The van der Waals surface area contributed by atoms with Crippen LogP contribution in [0.3, 0.4) is 0 Å². The highest BCUT2D eigenvalue weighted by atomic mass is 19.4. The highest BCUT2D eigenvalue weighted by Gasteiger charge is 2.30. The maximum atomic E-state index is 14.8. The van der Waals surface area contributed by atoms with Crippen LogP contribution < -0.4 is 10.6 Å². The average molecular weight is 476 g/mol. The summed E-state index contributed by atoms with van der Waals surface area (Å²) in [6, 6.07) is 13.3. The van der Waals surface area contributed by atoms with Crippen molar-refractivity contribution in [1.82, 2.24) is 10.6 Å². The fourth-order valence-electron chi connectivity index (χ4n) is 3.75. The van der Waals surface area contributed by atoms with Crippen LogP contribution in [-0.2, 0) is 17.4 Å². The van der Waals surface area contributed by atoms with Gasteiger partial charge in [-0.3, -0.25) is 10.1 Å². The van der Waals surface area contributed by atoms with Crippen LogP contribution in [0.15, 0.2) is 66.7 Å². The van der Waals surface area contributed by atoms with Crippen LogP contribution in [-0.4, -0.2) is 13.0 Å². The molecule has 0 aliphatic rings. The Bertz CT molecular complexity index is 1110. The zero-order valence-electron chi connectivity index (χ0n) is 18.7. The zero-order valence-corrected chi connectivity index (χ0v) is 18.7. The van der Waals surface area contributed by atoms with Gasteiger partial charge in [0.25, 0.3) is 0 Å². The lowest BCUT2D eigenvalue weighted by molar-refractivity contribution is -0.137. The van der Waals surface area contributed by atoms with Gasteiger partial charge < -0.3 is 5.32 Å². The number of likely N-dealkylation sites (N-methyl/N-ethyl adjacent to an activating group) is 1. The molecular weight excluding hydrogens is 451 g/mol. The number of alkyl halides is 3. The number of amides is 1. The Morgan fingerprint density at radius 3 is 2.18 bits per heavy atom. The van der Waals surface area contributed by atoms with Gasteiger partial charge in [-0.2, -0.15) is 13.2 Å². The van der Waals surface area contributed by atoms with Crippen LogP contribution in [0.2, 0.25) is 0 Å². The van der Waals surface area contributed by atoms with Crippen LogP contribution >= 0.6 is 0 Å². The Hall–Kier alpha value is -3.26. The van der Waals surface area contributed by atoms with E-state index in [1.54, 1.807) is 12.1 Å². The number of carbonyl (C=O) groups is 1. The molecule has 0 aromatic heterocycles. The van der Waals surface area contributed by atoms with Crippen molar-refractivity contribution in [2.24, 2.45) is 0 Å². The van der Waals surface area contributed by atoms with Gasteiger partial charge in [0.1, 0.15) is 17.7 Å². The first-order valence-corrected chi connectivity index (χ1v) is 10.7. The van der Waals surface area contributed by atoms with Gasteiger partial charge in [0, 0.05) is 18.7 Å². The van der Waals surface area contributed by atoms with Crippen molar-refractivity contribution in [1.29, 1.82) is 0 Å². The number of carbonyl (C=O) groups excluding carboxylic acids is 1. The Kier molecular flexibility index (Phi) is 8.04. The van der Waals surface area contributed by atoms with Gasteiger partial charge in [0.2, 0.25) is 5.91 Å². The molecule has 0 bridgehead atoms. The molecule has 34 heavy (non-hydrogen) atoms. The molecule has 8 heteroatoms. The summed E-state index contributed by atoms with van der Waals surface area (Å²) in [7, 11) is 1.46. The van der Waals surface area contributed by atoms with E-state index in [0.717, 1.165) is 17.7 Å². The number of hydrogen-bond donors (Lipinski definition) is 2. The third-order valence-corrected chi connectivity index (χ3v) is 5.61. The third-order valence-electron chi connectivity index (χ3n) is 5.61. The quantitative estimate of drug-likeness (QED) is 0.389. The highest BCUT2D eigenvalue weighted by molar-refractivity contribution is 5.83. The molecule has 0 aliphatic carbocycles. The predicted octanol–water partition coefficient (Wildman–Crippen LogP) is 6.04. The normalized spacial score (nSPS) is 13.4. The minimum Gasteiger partial charge on any atom is -0.358 e. The Labute approximate surface area is 195 Å². The van der Waals surface area contributed by atoms with Crippen molar-refractivity contribution >= 4 is 5.91 Å². The topological polar surface area (TPSA) is 41.1 Å². The zero-order chi connectivity index (χ0) is 24.9. The van der Waals surface area contributed by atoms with E-state index >= 15 is 0 Å². The maximum Gasteiger partial charge on any atom is 0.416 e. The van der Waals surface area contributed by atoms with Gasteiger partial charge in [0.15, 0.2) is 0 Å². The molecule has 2 atom stereocenters. The summed E-state index contributed by atoms with van der Waals surface area (Å²) in [6.07, 6.45) is -3.78. The van der Waals surface area contributed by atoms with E-state index in [1.807, 2.05) is 6.92 Å². The first-order valence-electron chi connectivity index (χ1n) is 10.7. The van der Waals surface area contributed by atoms with Gasteiger partial charge in [-0.05, 0) is 61.2 Å². The smallest absolute Gasteiger partial charge is 0.358 e. The Morgan fingerprint density at radius 1 is 0.941 bits per heavy atom. The fourth-order valence-corrected chi connectivity index (χ4v) is 3.75. The maximum absolute atomic E-state index is 14.8. The average Bonchev–Trinajstić information content (AvgIpc) is 2.81. The van der Waals surface area contributed by atoms with E-state index in [0.29, 0.717) is 29.5 Å². The van der Waals surface area contributed by atoms with E-state index in [9.17, 15) is 26.7 Å². The number of rotatable bonds is 8. The number of aryl methyl sites for hydroxylation is 2. The van der Waals surface area contributed by atoms with Gasteiger partial charge in [0.05, 0.1) is 5.56 Å². The second-order valence-corrected chi connectivity index (χ2v) is 8.08. The largest absolute Gasteiger partial charge is 0.416 e. The molecule has 0 saturated heterocycles. The van der Waals surface area contributed by atoms with Crippen molar-refractivity contribution in [3.05, 3.63) is 106 Å². The summed E-state index contributed by atoms with van der Waals surface area (Å²) < 4.78 is 66.8. The number of nitrogens with one attached hydrogen (secondary N) is 2. The molecule has 180 valence electrons.